The summed E-state index contributed by atoms with van der Waals surface area (Å²) in [6.45, 7) is 8.39. The van der Waals surface area contributed by atoms with Gasteiger partial charge in [0.05, 0.1) is 5.75 Å². The van der Waals surface area contributed by atoms with Crippen LogP contribution in [-0.2, 0) is 10.5 Å². The minimum absolute atomic E-state index is 0.134. The molecule has 1 amide bonds. The SMILES string of the molecule is Cc1ccccc1CSCC(=O)N[C@@H](C)C(C)C. The maximum atomic E-state index is 11.7. The molecule has 0 saturated carbocycles. The second-order valence-corrected chi connectivity index (χ2v) is 6.01. The fourth-order valence-corrected chi connectivity index (χ4v) is 2.40. The van der Waals surface area contributed by atoms with Gasteiger partial charge in [-0.15, -0.1) is 11.8 Å². The molecule has 1 aromatic carbocycles. The maximum Gasteiger partial charge on any atom is 0.230 e. The van der Waals surface area contributed by atoms with Gasteiger partial charge in [-0.2, -0.15) is 0 Å². The van der Waals surface area contributed by atoms with Crippen molar-refractivity contribution in [3.8, 4) is 0 Å². The average Bonchev–Trinajstić information content (AvgIpc) is 2.31. The van der Waals surface area contributed by atoms with Crippen LogP contribution < -0.4 is 5.32 Å². The Bertz CT molecular complexity index is 390. The Morgan fingerprint density at radius 2 is 1.94 bits per heavy atom. The highest BCUT2D eigenvalue weighted by atomic mass is 32.2. The molecule has 1 aromatic rings. The lowest BCUT2D eigenvalue weighted by Gasteiger charge is -2.17. The van der Waals surface area contributed by atoms with Gasteiger partial charge in [0.1, 0.15) is 0 Å². The van der Waals surface area contributed by atoms with E-state index in [1.54, 1.807) is 11.8 Å². The Morgan fingerprint density at radius 1 is 1.28 bits per heavy atom. The van der Waals surface area contributed by atoms with Crippen LogP contribution in [0.25, 0.3) is 0 Å². The summed E-state index contributed by atoms with van der Waals surface area (Å²) in [6, 6.07) is 8.56. The topological polar surface area (TPSA) is 29.1 Å². The smallest absolute Gasteiger partial charge is 0.230 e. The number of carbonyl (C=O) groups is 1. The molecule has 100 valence electrons. The zero-order valence-electron chi connectivity index (χ0n) is 11.7. The Hall–Kier alpha value is -0.960. The average molecular weight is 265 g/mol. The molecule has 0 unspecified atom stereocenters. The summed E-state index contributed by atoms with van der Waals surface area (Å²) >= 11 is 1.67. The summed E-state index contributed by atoms with van der Waals surface area (Å²) in [7, 11) is 0. The van der Waals surface area contributed by atoms with Crippen molar-refractivity contribution in [2.45, 2.75) is 39.5 Å². The number of amides is 1. The predicted molar refractivity (Wildman–Crippen MR) is 79.8 cm³/mol. The molecule has 0 aliphatic heterocycles. The molecular formula is C15H23NOS. The third-order valence-corrected chi connectivity index (χ3v) is 4.12. The summed E-state index contributed by atoms with van der Waals surface area (Å²) in [5, 5.41) is 3.02. The Morgan fingerprint density at radius 3 is 2.56 bits per heavy atom. The van der Waals surface area contributed by atoms with E-state index in [2.05, 4.69) is 45.1 Å². The van der Waals surface area contributed by atoms with Crippen LogP contribution >= 0.6 is 11.8 Å². The van der Waals surface area contributed by atoms with E-state index >= 15 is 0 Å². The van der Waals surface area contributed by atoms with Crippen LogP contribution in [0.4, 0.5) is 0 Å². The van der Waals surface area contributed by atoms with E-state index in [4.69, 9.17) is 0 Å². The lowest BCUT2D eigenvalue weighted by molar-refractivity contribution is -0.119. The summed E-state index contributed by atoms with van der Waals surface area (Å²) < 4.78 is 0. The van der Waals surface area contributed by atoms with E-state index in [9.17, 15) is 4.79 Å². The maximum absolute atomic E-state index is 11.7. The van der Waals surface area contributed by atoms with Gasteiger partial charge in [0.15, 0.2) is 0 Å². The number of benzene rings is 1. The van der Waals surface area contributed by atoms with Crippen molar-refractivity contribution in [3.63, 3.8) is 0 Å². The molecule has 0 aliphatic carbocycles. The van der Waals surface area contributed by atoms with Crippen molar-refractivity contribution in [1.29, 1.82) is 0 Å². The highest BCUT2D eigenvalue weighted by Gasteiger charge is 2.10. The molecule has 0 saturated heterocycles. The number of rotatable bonds is 6. The second-order valence-electron chi connectivity index (χ2n) is 5.02. The van der Waals surface area contributed by atoms with Crippen LogP contribution in [0.15, 0.2) is 24.3 Å². The predicted octanol–water partition coefficient (Wildman–Crippen LogP) is 3.39. The van der Waals surface area contributed by atoms with Gasteiger partial charge in [-0.05, 0) is 30.9 Å². The summed E-state index contributed by atoms with van der Waals surface area (Å²) in [6.07, 6.45) is 0. The third-order valence-electron chi connectivity index (χ3n) is 3.14. The minimum atomic E-state index is 0.134. The summed E-state index contributed by atoms with van der Waals surface area (Å²) in [4.78, 5) is 11.7. The van der Waals surface area contributed by atoms with Gasteiger partial charge in [-0.1, -0.05) is 38.1 Å². The monoisotopic (exact) mass is 265 g/mol. The van der Waals surface area contributed by atoms with Gasteiger partial charge in [0, 0.05) is 11.8 Å². The Kier molecular flexibility index (Phi) is 6.27. The molecule has 1 atom stereocenters. The zero-order chi connectivity index (χ0) is 13.5. The van der Waals surface area contributed by atoms with Gasteiger partial charge in [-0.25, -0.2) is 0 Å². The largest absolute Gasteiger partial charge is 0.353 e. The van der Waals surface area contributed by atoms with E-state index in [1.165, 1.54) is 11.1 Å². The molecule has 0 bridgehead atoms. The fraction of sp³-hybridized carbons (Fsp3) is 0.533. The first-order valence-electron chi connectivity index (χ1n) is 6.42. The van der Waals surface area contributed by atoms with Crippen molar-refractivity contribution in [1.82, 2.24) is 5.32 Å². The molecule has 0 fully saturated rings. The highest BCUT2D eigenvalue weighted by molar-refractivity contribution is 7.99. The Balaban J connectivity index is 2.30. The molecule has 3 heteroatoms. The van der Waals surface area contributed by atoms with E-state index < -0.39 is 0 Å². The lowest BCUT2D eigenvalue weighted by atomic mass is 10.1. The molecule has 0 spiro atoms. The van der Waals surface area contributed by atoms with Crippen LogP contribution in [0.2, 0.25) is 0 Å². The van der Waals surface area contributed by atoms with Gasteiger partial charge in [0.2, 0.25) is 5.91 Å². The summed E-state index contributed by atoms with van der Waals surface area (Å²) in [5.74, 6) is 2.05. The minimum Gasteiger partial charge on any atom is -0.353 e. The molecule has 0 heterocycles. The molecule has 1 N–H and O–H groups in total. The second kappa shape index (κ2) is 7.47. The summed E-state index contributed by atoms with van der Waals surface area (Å²) in [5.41, 5.74) is 2.60. The number of thioether (sulfide) groups is 1. The molecule has 1 rings (SSSR count). The third kappa shape index (κ3) is 5.13. The normalized spacial score (nSPS) is 12.5. The van der Waals surface area contributed by atoms with Gasteiger partial charge >= 0.3 is 0 Å². The number of hydrogen-bond donors (Lipinski definition) is 1. The van der Waals surface area contributed by atoms with Crippen LogP contribution in [0.1, 0.15) is 31.9 Å². The lowest BCUT2D eigenvalue weighted by Crippen LogP contribution is -2.37. The zero-order valence-corrected chi connectivity index (χ0v) is 12.5. The number of carbonyl (C=O) groups excluding carboxylic acids is 1. The molecule has 18 heavy (non-hydrogen) atoms. The standard InChI is InChI=1S/C15H23NOS/c1-11(2)13(4)16-15(17)10-18-9-14-8-6-5-7-12(14)3/h5-8,11,13H,9-10H2,1-4H3,(H,16,17)/t13-/m0/s1. The molecular weight excluding hydrogens is 242 g/mol. The van der Waals surface area contributed by atoms with Crippen LogP contribution in [0.5, 0.6) is 0 Å². The Labute approximate surface area is 115 Å². The first-order valence-corrected chi connectivity index (χ1v) is 7.57. The number of hydrogen-bond acceptors (Lipinski definition) is 2. The van der Waals surface area contributed by atoms with Crippen LogP contribution in [-0.4, -0.2) is 17.7 Å². The number of aryl methyl sites for hydroxylation is 1. The quantitative estimate of drug-likeness (QED) is 0.854. The van der Waals surface area contributed by atoms with Crippen molar-refractivity contribution in [2.24, 2.45) is 5.92 Å². The van der Waals surface area contributed by atoms with Gasteiger partial charge < -0.3 is 5.32 Å². The van der Waals surface area contributed by atoms with Crippen LogP contribution in [0, 0.1) is 12.8 Å². The van der Waals surface area contributed by atoms with E-state index in [1.807, 2.05) is 12.1 Å². The van der Waals surface area contributed by atoms with Gasteiger partial charge in [-0.3, -0.25) is 4.79 Å². The van der Waals surface area contributed by atoms with E-state index in [0.29, 0.717) is 11.7 Å². The van der Waals surface area contributed by atoms with Crippen molar-refractivity contribution < 1.29 is 4.79 Å². The molecule has 0 aromatic heterocycles. The molecule has 0 radical (unpaired) electrons. The first-order chi connectivity index (χ1) is 8.50. The highest BCUT2D eigenvalue weighted by Crippen LogP contribution is 2.15. The van der Waals surface area contributed by atoms with Crippen LogP contribution in [0.3, 0.4) is 0 Å². The first kappa shape index (κ1) is 15.1. The number of nitrogens with one attached hydrogen (secondary N) is 1. The van der Waals surface area contributed by atoms with E-state index in [0.717, 1.165) is 5.75 Å². The van der Waals surface area contributed by atoms with Crippen molar-refractivity contribution in [3.05, 3.63) is 35.4 Å². The molecule has 0 aliphatic rings. The fourth-order valence-electron chi connectivity index (χ4n) is 1.49. The van der Waals surface area contributed by atoms with Gasteiger partial charge in [0.25, 0.3) is 0 Å². The van der Waals surface area contributed by atoms with Crippen molar-refractivity contribution in [2.75, 3.05) is 5.75 Å². The van der Waals surface area contributed by atoms with E-state index in [-0.39, 0.29) is 11.9 Å². The van der Waals surface area contributed by atoms with Crippen molar-refractivity contribution >= 4 is 17.7 Å². The molecule has 2 nitrogen and oxygen atoms in total.